The minimum atomic E-state index is 0.0219. The van der Waals surface area contributed by atoms with E-state index < -0.39 is 0 Å². The summed E-state index contributed by atoms with van der Waals surface area (Å²) in [5.74, 6) is 0.0219. The Balaban J connectivity index is 3.16. The lowest BCUT2D eigenvalue weighted by Gasteiger charge is -2.06. The van der Waals surface area contributed by atoms with Crippen LogP contribution in [0.2, 0.25) is 0 Å². The van der Waals surface area contributed by atoms with Gasteiger partial charge < -0.3 is 4.74 Å². The molecule has 0 aromatic carbocycles. The molecule has 0 amide bonds. The monoisotopic (exact) mass is 813 g/mol. The van der Waals surface area contributed by atoms with Gasteiger partial charge in [0.15, 0.2) is 0 Å². The SMILES string of the molecule is CCCCC/C=C\C/C=C\CCCCCCCCOC(=O)CCCCCCCCCCCCCCCCCCCCCCCCCCCCCCCCCCCCC. The van der Waals surface area contributed by atoms with E-state index in [0.29, 0.717) is 13.0 Å². The molecule has 0 aliphatic heterocycles. The molecule has 58 heavy (non-hydrogen) atoms. The Morgan fingerprint density at radius 3 is 0.862 bits per heavy atom. The third-order valence-corrected chi connectivity index (χ3v) is 12.6. The molecule has 0 aromatic rings. The number of esters is 1. The lowest BCUT2D eigenvalue weighted by Crippen LogP contribution is -2.05. The van der Waals surface area contributed by atoms with Crippen molar-refractivity contribution in [3.63, 3.8) is 0 Å². The van der Waals surface area contributed by atoms with Crippen LogP contribution >= 0.6 is 0 Å². The molecule has 0 saturated heterocycles. The summed E-state index contributed by atoms with van der Waals surface area (Å²) >= 11 is 0. The van der Waals surface area contributed by atoms with Crippen molar-refractivity contribution in [3.8, 4) is 0 Å². The topological polar surface area (TPSA) is 26.3 Å². The second-order valence-corrected chi connectivity index (χ2v) is 18.6. The molecule has 0 aliphatic rings. The average Bonchev–Trinajstić information content (AvgIpc) is 3.23. The van der Waals surface area contributed by atoms with E-state index in [1.165, 1.54) is 283 Å². The highest BCUT2D eigenvalue weighted by molar-refractivity contribution is 5.69. The van der Waals surface area contributed by atoms with Crippen molar-refractivity contribution < 1.29 is 9.53 Å². The van der Waals surface area contributed by atoms with Gasteiger partial charge >= 0.3 is 5.97 Å². The Bertz CT molecular complexity index is 798. The van der Waals surface area contributed by atoms with Crippen molar-refractivity contribution in [1.82, 2.24) is 0 Å². The second kappa shape index (κ2) is 54.0. The quantitative estimate of drug-likeness (QED) is 0.0347. The summed E-state index contributed by atoms with van der Waals surface area (Å²) in [4.78, 5) is 12.0. The molecule has 2 heteroatoms. The molecule has 344 valence electrons. The molecular formula is C56H108O2. The molecule has 0 aliphatic carbocycles. The van der Waals surface area contributed by atoms with Crippen LogP contribution in [0.4, 0.5) is 0 Å². The van der Waals surface area contributed by atoms with Crippen LogP contribution in [0.1, 0.15) is 322 Å². The van der Waals surface area contributed by atoms with Crippen LogP contribution in [0.5, 0.6) is 0 Å². The lowest BCUT2D eigenvalue weighted by molar-refractivity contribution is -0.143. The molecule has 0 atom stereocenters. The number of hydrogen-bond acceptors (Lipinski definition) is 2. The van der Waals surface area contributed by atoms with Crippen LogP contribution in [0, 0.1) is 0 Å². The first-order valence-electron chi connectivity index (χ1n) is 27.3. The zero-order valence-electron chi connectivity index (χ0n) is 40.3. The first-order chi connectivity index (χ1) is 28.8. The molecule has 0 saturated carbocycles. The van der Waals surface area contributed by atoms with Gasteiger partial charge in [0.2, 0.25) is 0 Å². The molecule has 0 spiro atoms. The van der Waals surface area contributed by atoms with Crippen LogP contribution in [-0.4, -0.2) is 12.6 Å². The van der Waals surface area contributed by atoms with Crippen LogP contribution < -0.4 is 0 Å². The summed E-state index contributed by atoms with van der Waals surface area (Å²) in [5, 5.41) is 0. The van der Waals surface area contributed by atoms with Crippen LogP contribution in [0.25, 0.3) is 0 Å². The van der Waals surface area contributed by atoms with Crippen molar-refractivity contribution in [2.45, 2.75) is 322 Å². The summed E-state index contributed by atoms with van der Waals surface area (Å²) in [5.41, 5.74) is 0. The Morgan fingerprint density at radius 1 is 0.293 bits per heavy atom. The highest BCUT2D eigenvalue weighted by Gasteiger charge is 2.03. The Hall–Kier alpha value is -1.05. The van der Waals surface area contributed by atoms with Crippen molar-refractivity contribution >= 4 is 5.97 Å². The Labute approximate surface area is 367 Å². The number of carbonyl (C=O) groups excluding carboxylic acids is 1. The molecule has 0 rings (SSSR count). The lowest BCUT2D eigenvalue weighted by atomic mass is 10.0. The first kappa shape index (κ1) is 57.0. The molecule has 0 bridgehead atoms. The molecular weight excluding hydrogens is 705 g/mol. The molecule has 0 fully saturated rings. The van der Waals surface area contributed by atoms with Crippen molar-refractivity contribution in [2.24, 2.45) is 0 Å². The van der Waals surface area contributed by atoms with E-state index in [2.05, 4.69) is 38.2 Å². The summed E-state index contributed by atoms with van der Waals surface area (Å²) in [7, 11) is 0. The fraction of sp³-hybridized carbons (Fsp3) is 0.911. The number of hydrogen-bond donors (Lipinski definition) is 0. The zero-order valence-corrected chi connectivity index (χ0v) is 40.3. The maximum absolute atomic E-state index is 12.0. The summed E-state index contributed by atoms with van der Waals surface area (Å²) in [6.45, 7) is 5.19. The van der Waals surface area contributed by atoms with Gasteiger partial charge in [-0.05, 0) is 44.9 Å². The van der Waals surface area contributed by atoms with Crippen molar-refractivity contribution in [3.05, 3.63) is 24.3 Å². The van der Waals surface area contributed by atoms with Gasteiger partial charge in [0.1, 0.15) is 0 Å². The predicted octanol–water partition coefficient (Wildman–Crippen LogP) is 20.4. The zero-order chi connectivity index (χ0) is 41.8. The van der Waals surface area contributed by atoms with Gasteiger partial charge in [-0.3, -0.25) is 4.79 Å². The van der Waals surface area contributed by atoms with Gasteiger partial charge in [-0.1, -0.05) is 295 Å². The maximum Gasteiger partial charge on any atom is 0.305 e. The van der Waals surface area contributed by atoms with Gasteiger partial charge in [-0.25, -0.2) is 0 Å². The van der Waals surface area contributed by atoms with Gasteiger partial charge in [0.25, 0.3) is 0 Å². The molecule has 2 nitrogen and oxygen atoms in total. The number of ether oxygens (including phenoxy) is 1. The third kappa shape index (κ3) is 53.0. The average molecular weight is 813 g/mol. The molecule has 0 N–H and O–H groups in total. The van der Waals surface area contributed by atoms with Crippen molar-refractivity contribution in [1.29, 1.82) is 0 Å². The van der Waals surface area contributed by atoms with Gasteiger partial charge in [-0.2, -0.15) is 0 Å². The van der Waals surface area contributed by atoms with E-state index in [9.17, 15) is 4.79 Å². The maximum atomic E-state index is 12.0. The minimum absolute atomic E-state index is 0.0219. The third-order valence-electron chi connectivity index (χ3n) is 12.6. The van der Waals surface area contributed by atoms with E-state index in [0.717, 1.165) is 19.3 Å². The summed E-state index contributed by atoms with van der Waals surface area (Å²) < 4.78 is 5.48. The van der Waals surface area contributed by atoms with Crippen molar-refractivity contribution in [2.75, 3.05) is 6.61 Å². The van der Waals surface area contributed by atoms with E-state index >= 15 is 0 Å². The number of rotatable bonds is 51. The summed E-state index contributed by atoms with van der Waals surface area (Å²) in [6, 6.07) is 0. The summed E-state index contributed by atoms with van der Waals surface area (Å²) in [6.07, 6.45) is 74.9. The van der Waals surface area contributed by atoms with Crippen LogP contribution in [-0.2, 0) is 9.53 Å². The molecule has 0 unspecified atom stereocenters. The van der Waals surface area contributed by atoms with Crippen LogP contribution in [0.15, 0.2) is 24.3 Å². The predicted molar refractivity (Wildman–Crippen MR) is 262 cm³/mol. The standard InChI is InChI=1S/C56H108O2/c1-3-5-7-9-11-13-15-17-19-21-22-23-24-25-26-27-28-29-30-31-32-33-34-35-36-37-38-39-40-42-44-46-48-50-52-54-56(57)58-55-53-51-49-47-45-43-41-20-18-16-14-12-10-8-6-4-2/h12,14,18,20H,3-11,13,15-17,19,21-55H2,1-2H3/b14-12-,20-18-. The Kier molecular flexibility index (Phi) is 53.0. The molecule has 0 heterocycles. The smallest absolute Gasteiger partial charge is 0.305 e. The highest BCUT2D eigenvalue weighted by Crippen LogP contribution is 2.18. The fourth-order valence-electron chi connectivity index (χ4n) is 8.52. The number of unbranched alkanes of at least 4 members (excludes halogenated alkanes) is 43. The second-order valence-electron chi connectivity index (χ2n) is 18.6. The number of allylic oxidation sites excluding steroid dienone is 4. The Morgan fingerprint density at radius 2 is 0.534 bits per heavy atom. The van der Waals surface area contributed by atoms with E-state index in [4.69, 9.17) is 4.74 Å². The fourth-order valence-corrected chi connectivity index (χ4v) is 8.52. The van der Waals surface area contributed by atoms with E-state index in [1.54, 1.807) is 0 Å². The largest absolute Gasteiger partial charge is 0.466 e. The normalized spacial score (nSPS) is 11.8. The van der Waals surface area contributed by atoms with Gasteiger partial charge in [0.05, 0.1) is 6.61 Å². The van der Waals surface area contributed by atoms with E-state index in [1.807, 2.05) is 0 Å². The molecule has 0 aromatic heterocycles. The van der Waals surface area contributed by atoms with Gasteiger partial charge in [-0.15, -0.1) is 0 Å². The minimum Gasteiger partial charge on any atom is -0.466 e. The van der Waals surface area contributed by atoms with E-state index in [-0.39, 0.29) is 5.97 Å². The number of carbonyl (C=O) groups is 1. The van der Waals surface area contributed by atoms with Gasteiger partial charge in [0, 0.05) is 6.42 Å². The first-order valence-corrected chi connectivity index (χ1v) is 27.3. The van der Waals surface area contributed by atoms with Crippen LogP contribution in [0.3, 0.4) is 0 Å². The molecule has 0 radical (unpaired) electrons. The highest BCUT2D eigenvalue weighted by atomic mass is 16.5.